The van der Waals surface area contributed by atoms with Crippen LogP contribution in [-0.4, -0.2) is 19.6 Å². The largest absolute Gasteiger partial charge is 0.493 e. The molecule has 0 atom stereocenters. The number of rotatable bonds is 8. The Morgan fingerprint density at radius 2 is 1.73 bits per heavy atom. The summed E-state index contributed by atoms with van der Waals surface area (Å²) >= 11 is 0. The predicted octanol–water partition coefficient (Wildman–Crippen LogP) is 5.54. The van der Waals surface area contributed by atoms with Gasteiger partial charge in [-0.05, 0) is 35.8 Å². The minimum absolute atomic E-state index is 0.122. The average Bonchev–Trinajstić information content (AvgIpc) is 2.74. The molecule has 3 aromatic carbocycles. The van der Waals surface area contributed by atoms with E-state index in [-0.39, 0.29) is 17.4 Å². The van der Waals surface area contributed by atoms with E-state index in [4.69, 9.17) is 4.74 Å². The SMILES string of the molecule is COc1cccc(/C=C/C(=O)Nc2ccccc2Cc2ccccc2)c1OC(F)F. The van der Waals surface area contributed by atoms with Gasteiger partial charge in [-0.1, -0.05) is 60.7 Å². The van der Waals surface area contributed by atoms with Crippen molar-refractivity contribution in [3.8, 4) is 11.5 Å². The van der Waals surface area contributed by atoms with Crippen molar-refractivity contribution in [2.24, 2.45) is 0 Å². The predicted molar refractivity (Wildman–Crippen MR) is 113 cm³/mol. The number of hydrogen-bond donors (Lipinski definition) is 1. The molecule has 0 spiro atoms. The first kappa shape index (κ1) is 21.0. The van der Waals surface area contributed by atoms with E-state index in [1.54, 1.807) is 12.1 Å². The maximum absolute atomic E-state index is 12.7. The fourth-order valence-corrected chi connectivity index (χ4v) is 2.99. The Kier molecular flexibility index (Phi) is 7.16. The summed E-state index contributed by atoms with van der Waals surface area (Å²) in [6.45, 7) is -3.01. The first-order chi connectivity index (χ1) is 14.6. The molecule has 3 aromatic rings. The van der Waals surface area contributed by atoms with Crippen molar-refractivity contribution in [3.05, 3.63) is 95.6 Å². The Morgan fingerprint density at radius 1 is 1.00 bits per heavy atom. The van der Waals surface area contributed by atoms with Crippen LogP contribution in [-0.2, 0) is 11.2 Å². The zero-order valence-corrected chi connectivity index (χ0v) is 16.3. The number of anilines is 1. The molecule has 0 aliphatic carbocycles. The van der Waals surface area contributed by atoms with Gasteiger partial charge in [0.15, 0.2) is 11.5 Å². The average molecular weight is 409 g/mol. The second-order valence-electron chi connectivity index (χ2n) is 6.40. The van der Waals surface area contributed by atoms with Gasteiger partial charge in [-0.25, -0.2) is 0 Å². The Labute approximate surface area is 173 Å². The molecule has 0 unspecified atom stereocenters. The lowest BCUT2D eigenvalue weighted by Crippen LogP contribution is -2.10. The van der Waals surface area contributed by atoms with Gasteiger partial charge in [-0.15, -0.1) is 0 Å². The van der Waals surface area contributed by atoms with Crippen LogP contribution in [0.25, 0.3) is 6.08 Å². The summed E-state index contributed by atoms with van der Waals surface area (Å²) < 4.78 is 35.1. The Hall–Kier alpha value is -3.67. The summed E-state index contributed by atoms with van der Waals surface area (Å²) in [6, 6.07) is 22.1. The second-order valence-corrected chi connectivity index (χ2v) is 6.40. The molecule has 0 aliphatic rings. The van der Waals surface area contributed by atoms with Crippen LogP contribution in [0.4, 0.5) is 14.5 Å². The van der Waals surface area contributed by atoms with Crippen molar-refractivity contribution in [2.75, 3.05) is 12.4 Å². The number of para-hydroxylation sites is 2. The molecule has 1 amide bonds. The third-order valence-corrected chi connectivity index (χ3v) is 4.36. The van der Waals surface area contributed by atoms with Crippen LogP contribution < -0.4 is 14.8 Å². The number of benzene rings is 3. The molecule has 154 valence electrons. The van der Waals surface area contributed by atoms with Crippen molar-refractivity contribution in [3.63, 3.8) is 0 Å². The number of alkyl halides is 2. The van der Waals surface area contributed by atoms with Crippen LogP contribution in [0.5, 0.6) is 11.5 Å². The Bertz CT molecular complexity index is 1020. The van der Waals surface area contributed by atoms with Crippen LogP contribution in [0.2, 0.25) is 0 Å². The molecule has 4 nitrogen and oxygen atoms in total. The smallest absolute Gasteiger partial charge is 0.387 e. The first-order valence-corrected chi connectivity index (χ1v) is 9.29. The van der Waals surface area contributed by atoms with Crippen LogP contribution in [0, 0.1) is 0 Å². The van der Waals surface area contributed by atoms with E-state index in [2.05, 4.69) is 10.1 Å². The number of ether oxygens (including phenoxy) is 2. The summed E-state index contributed by atoms with van der Waals surface area (Å²) in [6.07, 6.45) is 3.35. The van der Waals surface area contributed by atoms with Crippen molar-refractivity contribution < 1.29 is 23.0 Å². The molecule has 0 fully saturated rings. The molecule has 3 rings (SSSR count). The fourth-order valence-electron chi connectivity index (χ4n) is 2.99. The van der Waals surface area contributed by atoms with E-state index in [1.165, 1.54) is 25.3 Å². The van der Waals surface area contributed by atoms with E-state index in [0.29, 0.717) is 17.7 Å². The maximum Gasteiger partial charge on any atom is 0.387 e. The van der Waals surface area contributed by atoms with E-state index in [9.17, 15) is 13.6 Å². The van der Waals surface area contributed by atoms with Crippen LogP contribution in [0.15, 0.2) is 78.9 Å². The lowest BCUT2D eigenvalue weighted by atomic mass is 10.0. The second kappa shape index (κ2) is 10.2. The molecule has 6 heteroatoms. The van der Waals surface area contributed by atoms with Crippen LogP contribution in [0.1, 0.15) is 16.7 Å². The number of amides is 1. The number of hydrogen-bond acceptors (Lipinski definition) is 3. The lowest BCUT2D eigenvalue weighted by Gasteiger charge is -2.12. The van der Waals surface area contributed by atoms with Gasteiger partial charge in [0.25, 0.3) is 0 Å². The molecule has 0 radical (unpaired) electrons. The number of nitrogens with one attached hydrogen (secondary N) is 1. The molecule has 0 aromatic heterocycles. The van der Waals surface area contributed by atoms with Gasteiger partial charge < -0.3 is 14.8 Å². The van der Waals surface area contributed by atoms with E-state index in [0.717, 1.165) is 11.1 Å². The highest BCUT2D eigenvalue weighted by Crippen LogP contribution is 2.33. The molecule has 30 heavy (non-hydrogen) atoms. The summed E-state index contributed by atoms with van der Waals surface area (Å²) in [5.41, 5.74) is 3.08. The van der Waals surface area contributed by atoms with Gasteiger partial charge in [0, 0.05) is 17.3 Å². The summed E-state index contributed by atoms with van der Waals surface area (Å²) in [5.74, 6) is -0.351. The quantitative estimate of drug-likeness (QED) is 0.497. The number of carbonyl (C=O) groups excluding carboxylic acids is 1. The number of methoxy groups -OCH3 is 1. The van der Waals surface area contributed by atoms with Gasteiger partial charge in [-0.2, -0.15) is 8.78 Å². The fraction of sp³-hybridized carbons (Fsp3) is 0.125. The minimum atomic E-state index is -3.01. The monoisotopic (exact) mass is 409 g/mol. The molecule has 0 saturated carbocycles. The van der Waals surface area contributed by atoms with Crippen molar-refractivity contribution in [1.82, 2.24) is 0 Å². The maximum atomic E-state index is 12.7. The molecule has 0 bridgehead atoms. The van der Waals surface area contributed by atoms with Gasteiger partial charge in [0.05, 0.1) is 7.11 Å². The van der Waals surface area contributed by atoms with Crippen LogP contribution >= 0.6 is 0 Å². The highest BCUT2D eigenvalue weighted by atomic mass is 19.3. The van der Waals surface area contributed by atoms with E-state index < -0.39 is 6.61 Å². The normalized spacial score (nSPS) is 10.9. The third-order valence-electron chi connectivity index (χ3n) is 4.36. The summed E-state index contributed by atoms with van der Waals surface area (Å²) in [7, 11) is 1.36. The topological polar surface area (TPSA) is 47.6 Å². The lowest BCUT2D eigenvalue weighted by molar-refractivity contribution is -0.111. The molecule has 0 aliphatic heterocycles. The number of halogens is 2. The molecular formula is C24H21F2NO3. The van der Waals surface area contributed by atoms with Crippen LogP contribution in [0.3, 0.4) is 0 Å². The van der Waals surface area contributed by atoms with Gasteiger partial charge in [0.2, 0.25) is 5.91 Å². The van der Waals surface area contributed by atoms with E-state index >= 15 is 0 Å². The molecule has 1 N–H and O–H groups in total. The highest BCUT2D eigenvalue weighted by Gasteiger charge is 2.14. The summed E-state index contributed by atoms with van der Waals surface area (Å²) in [5, 5.41) is 2.84. The molecule has 0 heterocycles. The molecule has 0 saturated heterocycles. The van der Waals surface area contributed by atoms with Gasteiger partial charge in [-0.3, -0.25) is 4.79 Å². The third kappa shape index (κ3) is 5.67. The van der Waals surface area contributed by atoms with Crippen molar-refractivity contribution in [2.45, 2.75) is 13.0 Å². The standard InChI is InChI=1S/C24H21F2NO3/c1-29-21-13-7-11-18(23(21)30-24(25)26)14-15-22(28)27-20-12-6-5-10-19(20)16-17-8-3-2-4-9-17/h2-15,24H,16H2,1H3,(H,27,28)/b15-14+. The zero-order chi connectivity index (χ0) is 21.3. The number of carbonyl (C=O) groups is 1. The minimum Gasteiger partial charge on any atom is -0.493 e. The molecular weight excluding hydrogens is 388 g/mol. The van der Waals surface area contributed by atoms with Gasteiger partial charge >= 0.3 is 6.61 Å². The zero-order valence-electron chi connectivity index (χ0n) is 16.3. The van der Waals surface area contributed by atoms with E-state index in [1.807, 2.05) is 54.6 Å². The van der Waals surface area contributed by atoms with Crippen molar-refractivity contribution in [1.29, 1.82) is 0 Å². The summed E-state index contributed by atoms with van der Waals surface area (Å²) in [4.78, 5) is 12.5. The van der Waals surface area contributed by atoms with Gasteiger partial charge in [0.1, 0.15) is 0 Å². The first-order valence-electron chi connectivity index (χ1n) is 9.29. The Balaban J connectivity index is 1.76. The van der Waals surface area contributed by atoms with Crippen molar-refractivity contribution >= 4 is 17.7 Å². The highest BCUT2D eigenvalue weighted by molar-refractivity contribution is 6.02. The Morgan fingerprint density at radius 3 is 2.47 bits per heavy atom.